The van der Waals surface area contributed by atoms with Gasteiger partial charge in [-0.3, -0.25) is 4.79 Å². The van der Waals surface area contributed by atoms with E-state index in [2.05, 4.69) is 26.0 Å². The van der Waals surface area contributed by atoms with E-state index in [1.54, 1.807) is 0 Å². The third kappa shape index (κ3) is 3.97. The Kier molecular flexibility index (Phi) is 5.23. The lowest BCUT2D eigenvalue weighted by atomic mass is 10.0. The number of carbonyl (C=O) groups is 1. The van der Waals surface area contributed by atoms with Gasteiger partial charge < -0.3 is 14.4 Å². The number of morpholine rings is 1. The van der Waals surface area contributed by atoms with Gasteiger partial charge in [-0.25, -0.2) is 0 Å². The SMILES string of the molecule is Cc1ccc(C(C)C)c(OC(C)C(=O)N2CCOCC2)c1. The maximum atomic E-state index is 12.4. The van der Waals surface area contributed by atoms with E-state index >= 15 is 0 Å². The second-order valence-corrected chi connectivity index (χ2v) is 5.89. The Morgan fingerprint density at radius 1 is 1.24 bits per heavy atom. The van der Waals surface area contributed by atoms with Crippen LogP contribution in [0.5, 0.6) is 5.75 Å². The molecule has 4 nitrogen and oxygen atoms in total. The Morgan fingerprint density at radius 2 is 1.90 bits per heavy atom. The fourth-order valence-corrected chi connectivity index (χ4v) is 2.50. The molecule has 0 spiro atoms. The first-order chi connectivity index (χ1) is 9.99. The first-order valence-electron chi connectivity index (χ1n) is 7.62. The summed E-state index contributed by atoms with van der Waals surface area (Å²) in [6.45, 7) is 10.6. The molecule has 2 rings (SSSR count). The van der Waals surface area contributed by atoms with Crippen molar-refractivity contribution in [3.8, 4) is 5.75 Å². The smallest absolute Gasteiger partial charge is 0.263 e. The van der Waals surface area contributed by atoms with Gasteiger partial charge >= 0.3 is 0 Å². The molecule has 0 saturated carbocycles. The number of amides is 1. The molecule has 1 fully saturated rings. The zero-order chi connectivity index (χ0) is 15.4. The van der Waals surface area contributed by atoms with Gasteiger partial charge in [0.05, 0.1) is 13.2 Å². The molecule has 1 aliphatic heterocycles. The number of nitrogens with zero attached hydrogens (tertiary/aromatic N) is 1. The fraction of sp³-hybridized carbons (Fsp3) is 0.588. The third-order valence-corrected chi connectivity index (χ3v) is 3.77. The summed E-state index contributed by atoms with van der Waals surface area (Å²) in [5.41, 5.74) is 2.28. The van der Waals surface area contributed by atoms with Crippen LogP contribution >= 0.6 is 0 Å². The van der Waals surface area contributed by atoms with Crippen LogP contribution in [-0.2, 0) is 9.53 Å². The quantitative estimate of drug-likeness (QED) is 0.856. The van der Waals surface area contributed by atoms with E-state index in [4.69, 9.17) is 9.47 Å². The molecule has 21 heavy (non-hydrogen) atoms. The Labute approximate surface area is 127 Å². The fourth-order valence-electron chi connectivity index (χ4n) is 2.50. The van der Waals surface area contributed by atoms with Gasteiger partial charge in [-0.05, 0) is 37.0 Å². The summed E-state index contributed by atoms with van der Waals surface area (Å²) in [5.74, 6) is 1.22. The number of rotatable bonds is 4. The van der Waals surface area contributed by atoms with Crippen molar-refractivity contribution in [1.82, 2.24) is 4.90 Å². The summed E-state index contributed by atoms with van der Waals surface area (Å²) in [6, 6.07) is 6.18. The van der Waals surface area contributed by atoms with E-state index in [0.29, 0.717) is 32.2 Å². The molecule has 0 aromatic heterocycles. The molecule has 1 unspecified atom stereocenters. The number of hydrogen-bond acceptors (Lipinski definition) is 3. The van der Waals surface area contributed by atoms with Crippen LogP contribution in [0.15, 0.2) is 18.2 Å². The molecular weight excluding hydrogens is 266 g/mol. The lowest BCUT2D eigenvalue weighted by molar-refractivity contribution is -0.142. The maximum Gasteiger partial charge on any atom is 0.263 e. The highest BCUT2D eigenvalue weighted by Gasteiger charge is 2.24. The van der Waals surface area contributed by atoms with Gasteiger partial charge in [0.15, 0.2) is 6.10 Å². The molecule has 1 heterocycles. The molecule has 1 amide bonds. The lowest BCUT2D eigenvalue weighted by Crippen LogP contribution is -2.46. The van der Waals surface area contributed by atoms with E-state index in [9.17, 15) is 4.79 Å². The van der Waals surface area contributed by atoms with Gasteiger partial charge in [0, 0.05) is 13.1 Å². The van der Waals surface area contributed by atoms with Crippen LogP contribution < -0.4 is 4.74 Å². The monoisotopic (exact) mass is 291 g/mol. The van der Waals surface area contributed by atoms with Gasteiger partial charge in [0.2, 0.25) is 0 Å². The van der Waals surface area contributed by atoms with Gasteiger partial charge in [-0.1, -0.05) is 26.0 Å². The zero-order valence-electron chi connectivity index (χ0n) is 13.4. The van der Waals surface area contributed by atoms with Crippen LogP contribution in [0.2, 0.25) is 0 Å². The van der Waals surface area contributed by atoms with Crippen molar-refractivity contribution in [3.05, 3.63) is 29.3 Å². The summed E-state index contributed by atoms with van der Waals surface area (Å²) in [4.78, 5) is 14.2. The summed E-state index contributed by atoms with van der Waals surface area (Å²) in [7, 11) is 0. The van der Waals surface area contributed by atoms with Crippen LogP contribution in [0.3, 0.4) is 0 Å². The molecule has 1 aromatic rings. The van der Waals surface area contributed by atoms with Crippen molar-refractivity contribution >= 4 is 5.91 Å². The van der Waals surface area contributed by atoms with Crippen LogP contribution in [0, 0.1) is 6.92 Å². The normalized spacial score (nSPS) is 16.9. The number of ether oxygens (including phenoxy) is 2. The van der Waals surface area contributed by atoms with Crippen molar-refractivity contribution in [1.29, 1.82) is 0 Å². The Hall–Kier alpha value is -1.55. The summed E-state index contributed by atoms with van der Waals surface area (Å²) >= 11 is 0. The Bertz CT molecular complexity index is 493. The summed E-state index contributed by atoms with van der Waals surface area (Å²) in [6.07, 6.45) is -0.470. The predicted octanol–water partition coefficient (Wildman–Crippen LogP) is 2.74. The molecule has 0 radical (unpaired) electrons. The van der Waals surface area contributed by atoms with E-state index in [1.807, 2.05) is 24.8 Å². The largest absolute Gasteiger partial charge is 0.481 e. The van der Waals surface area contributed by atoms with Crippen molar-refractivity contribution in [2.45, 2.75) is 39.7 Å². The first-order valence-corrected chi connectivity index (χ1v) is 7.62. The second kappa shape index (κ2) is 6.94. The minimum absolute atomic E-state index is 0.0366. The van der Waals surface area contributed by atoms with Crippen molar-refractivity contribution in [3.63, 3.8) is 0 Å². The molecular formula is C17H25NO3. The summed E-state index contributed by atoms with van der Waals surface area (Å²) in [5, 5.41) is 0. The topological polar surface area (TPSA) is 38.8 Å². The van der Waals surface area contributed by atoms with E-state index in [0.717, 1.165) is 16.9 Å². The highest BCUT2D eigenvalue weighted by atomic mass is 16.5. The average Bonchev–Trinajstić information content (AvgIpc) is 2.47. The van der Waals surface area contributed by atoms with Crippen molar-refractivity contribution in [2.24, 2.45) is 0 Å². The Balaban J connectivity index is 2.09. The first kappa shape index (κ1) is 15.8. The van der Waals surface area contributed by atoms with Crippen LogP contribution in [-0.4, -0.2) is 43.2 Å². The molecule has 1 aromatic carbocycles. The predicted molar refractivity (Wildman–Crippen MR) is 82.8 cm³/mol. The molecule has 1 atom stereocenters. The van der Waals surface area contributed by atoms with Crippen molar-refractivity contribution in [2.75, 3.05) is 26.3 Å². The molecule has 0 bridgehead atoms. The second-order valence-electron chi connectivity index (χ2n) is 5.89. The van der Waals surface area contributed by atoms with Crippen molar-refractivity contribution < 1.29 is 14.3 Å². The van der Waals surface area contributed by atoms with Gasteiger partial charge in [-0.2, -0.15) is 0 Å². The molecule has 4 heteroatoms. The number of benzene rings is 1. The number of carbonyl (C=O) groups excluding carboxylic acids is 1. The van der Waals surface area contributed by atoms with Crippen LogP contribution in [0.4, 0.5) is 0 Å². The number of hydrogen-bond donors (Lipinski definition) is 0. The maximum absolute atomic E-state index is 12.4. The number of aryl methyl sites for hydroxylation is 1. The average molecular weight is 291 g/mol. The molecule has 1 aliphatic rings. The van der Waals surface area contributed by atoms with E-state index < -0.39 is 6.10 Å². The van der Waals surface area contributed by atoms with E-state index in [-0.39, 0.29) is 5.91 Å². The highest BCUT2D eigenvalue weighted by Crippen LogP contribution is 2.28. The van der Waals surface area contributed by atoms with Gasteiger partial charge in [0.25, 0.3) is 5.91 Å². The standard InChI is InChI=1S/C17H25NO3/c1-12(2)15-6-5-13(3)11-16(15)21-14(4)17(19)18-7-9-20-10-8-18/h5-6,11-12,14H,7-10H2,1-4H3. The summed E-state index contributed by atoms with van der Waals surface area (Å²) < 4.78 is 11.3. The van der Waals surface area contributed by atoms with E-state index in [1.165, 1.54) is 0 Å². The lowest BCUT2D eigenvalue weighted by Gasteiger charge is -2.29. The van der Waals surface area contributed by atoms with Gasteiger partial charge in [0.1, 0.15) is 5.75 Å². The molecule has 116 valence electrons. The minimum atomic E-state index is -0.470. The Morgan fingerprint density at radius 3 is 2.52 bits per heavy atom. The molecule has 0 aliphatic carbocycles. The minimum Gasteiger partial charge on any atom is -0.481 e. The van der Waals surface area contributed by atoms with Crippen LogP contribution in [0.25, 0.3) is 0 Å². The van der Waals surface area contributed by atoms with Crippen LogP contribution in [0.1, 0.15) is 37.8 Å². The van der Waals surface area contributed by atoms with Gasteiger partial charge in [-0.15, -0.1) is 0 Å². The molecule has 0 N–H and O–H groups in total. The molecule has 1 saturated heterocycles. The highest BCUT2D eigenvalue weighted by molar-refractivity contribution is 5.81. The zero-order valence-corrected chi connectivity index (χ0v) is 13.4. The third-order valence-electron chi connectivity index (χ3n) is 3.77.